The van der Waals surface area contributed by atoms with Gasteiger partial charge in [0.05, 0.1) is 0 Å². The summed E-state index contributed by atoms with van der Waals surface area (Å²) in [6.07, 6.45) is 3.86. The van der Waals surface area contributed by atoms with Crippen LogP contribution in [0.15, 0.2) is 0 Å². The molecule has 11 heavy (non-hydrogen) atoms. The second-order valence-corrected chi connectivity index (χ2v) is 2.44. The molecule has 0 heterocycles. The zero-order valence-electron chi connectivity index (χ0n) is 8.70. The molecule has 0 aliphatic heterocycles. The van der Waals surface area contributed by atoms with E-state index in [1.807, 2.05) is 20.8 Å². The zero-order chi connectivity index (χ0) is 9.11. The van der Waals surface area contributed by atoms with Crippen molar-refractivity contribution < 1.29 is 0 Å². The molecule has 0 saturated carbocycles. The molecule has 0 aliphatic rings. The first-order valence-corrected chi connectivity index (χ1v) is 4.73. The minimum absolute atomic E-state index is 0.606. The first kappa shape index (κ1) is 13.2. The van der Waals surface area contributed by atoms with Crippen molar-refractivity contribution in [1.82, 2.24) is 0 Å². The highest BCUT2D eigenvalue weighted by Gasteiger charge is 1.93. The van der Waals surface area contributed by atoms with Gasteiger partial charge in [0.2, 0.25) is 0 Å². The molecule has 0 N–H and O–H groups in total. The Labute approximate surface area is 72.4 Å². The highest BCUT2D eigenvalue weighted by Crippen LogP contribution is 2.04. The zero-order valence-corrected chi connectivity index (χ0v) is 8.70. The predicted octanol–water partition coefficient (Wildman–Crippen LogP) is 3.86. The van der Waals surface area contributed by atoms with E-state index in [4.69, 9.17) is 0 Å². The highest BCUT2D eigenvalue weighted by atomic mass is 14.0. The van der Waals surface area contributed by atoms with E-state index in [9.17, 15) is 0 Å². The van der Waals surface area contributed by atoms with Crippen LogP contribution in [0.25, 0.3) is 0 Å². The predicted molar refractivity (Wildman–Crippen MR) is 53.5 cm³/mol. The monoisotopic (exact) mass is 154 g/mol. The lowest BCUT2D eigenvalue weighted by atomic mass is 10.1. The van der Waals surface area contributed by atoms with Gasteiger partial charge in [-0.05, 0) is 13.3 Å². The van der Waals surface area contributed by atoms with Gasteiger partial charge < -0.3 is 0 Å². The van der Waals surface area contributed by atoms with Crippen LogP contribution >= 0.6 is 0 Å². The van der Waals surface area contributed by atoms with Gasteiger partial charge in [0.25, 0.3) is 0 Å². The van der Waals surface area contributed by atoms with E-state index in [1.54, 1.807) is 0 Å². The maximum Gasteiger partial charge on any atom is 0.0174 e. The summed E-state index contributed by atoms with van der Waals surface area (Å²) in [7, 11) is 0. The van der Waals surface area contributed by atoms with Crippen molar-refractivity contribution in [2.75, 3.05) is 0 Å². The third kappa shape index (κ3) is 12.7. The molecule has 0 aromatic heterocycles. The first-order valence-electron chi connectivity index (χ1n) is 4.73. The standard InChI is InChI=1S/C9H16.C2H6/c1-4-6-8-9(3)7-5-2;1-2/h9H,4,6,8H2,1-3H3;1-2H3. The van der Waals surface area contributed by atoms with Crippen molar-refractivity contribution in [2.24, 2.45) is 5.92 Å². The second kappa shape index (κ2) is 12.3. The van der Waals surface area contributed by atoms with E-state index in [1.165, 1.54) is 19.3 Å². The van der Waals surface area contributed by atoms with Gasteiger partial charge in [-0.15, -0.1) is 11.8 Å². The van der Waals surface area contributed by atoms with E-state index in [2.05, 4.69) is 25.7 Å². The fourth-order valence-electron chi connectivity index (χ4n) is 0.829. The lowest BCUT2D eigenvalue weighted by molar-refractivity contribution is 0.613. The van der Waals surface area contributed by atoms with E-state index >= 15 is 0 Å². The quantitative estimate of drug-likeness (QED) is 0.541. The average molecular weight is 154 g/mol. The third-order valence-corrected chi connectivity index (χ3v) is 1.38. The molecule has 0 aliphatic carbocycles. The summed E-state index contributed by atoms with van der Waals surface area (Å²) in [4.78, 5) is 0. The van der Waals surface area contributed by atoms with Crippen LogP contribution in [0.4, 0.5) is 0 Å². The largest absolute Gasteiger partial charge is 0.106 e. The van der Waals surface area contributed by atoms with Gasteiger partial charge in [-0.2, -0.15) is 0 Å². The molecule has 0 heteroatoms. The van der Waals surface area contributed by atoms with Gasteiger partial charge >= 0.3 is 0 Å². The van der Waals surface area contributed by atoms with E-state index < -0.39 is 0 Å². The minimum atomic E-state index is 0.606. The van der Waals surface area contributed by atoms with Crippen molar-refractivity contribution in [3.05, 3.63) is 0 Å². The van der Waals surface area contributed by atoms with Crippen molar-refractivity contribution in [2.45, 2.75) is 53.9 Å². The summed E-state index contributed by atoms with van der Waals surface area (Å²) in [5.41, 5.74) is 0. The Hall–Kier alpha value is -0.440. The molecule has 1 unspecified atom stereocenters. The third-order valence-electron chi connectivity index (χ3n) is 1.38. The molecule has 0 rings (SSSR count). The van der Waals surface area contributed by atoms with Crippen molar-refractivity contribution in [1.29, 1.82) is 0 Å². The fraction of sp³-hybridized carbons (Fsp3) is 0.818. The van der Waals surface area contributed by atoms with E-state index in [0.29, 0.717) is 5.92 Å². The smallest absolute Gasteiger partial charge is 0.0174 e. The molecular formula is C11H22. The van der Waals surface area contributed by atoms with Crippen LogP contribution < -0.4 is 0 Å². The minimum Gasteiger partial charge on any atom is -0.106 e. The lowest BCUT2D eigenvalue weighted by Gasteiger charge is -1.99. The first-order chi connectivity index (χ1) is 5.31. The van der Waals surface area contributed by atoms with Crippen LogP contribution in [-0.2, 0) is 0 Å². The van der Waals surface area contributed by atoms with Crippen LogP contribution in [0, 0.1) is 17.8 Å². The Morgan fingerprint density at radius 3 is 2.18 bits per heavy atom. The molecule has 0 spiro atoms. The number of hydrogen-bond donors (Lipinski definition) is 0. The summed E-state index contributed by atoms with van der Waals surface area (Å²) < 4.78 is 0. The van der Waals surface area contributed by atoms with Crippen LogP contribution in [-0.4, -0.2) is 0 Å². The summed E-state index contributed by atoms with van der Waals surface area (Å²) in [6, 6.07) is 0. The summed E-state index contributed by atoms with van der Waals surface area (Å²) >= 11 is 0. The normalized spacial score (nSPS) is 10.3. The van der Waals surface area contributed by atoms with Gasteiger partial charge in [0.1, 0.15) is 0 Å². The number of rotatable bonds is 3. The lowest BCUT2D eigenvalue weighted by Crippen LogP contribution is -1.88. The van der Waals surface area contributed by atoms with Gasteiger partial charge in [0.15, 0.2) is 0 Å². The van der Waals surface area contributed by atoms with Crippen LogP contribution in [0.1, 0.15) is 53.9 Å². The Morgan fingerprint density at radius 1 is 1.27 bits per heavy atom. The average Bonchev–Trinajstić information content (AvgIpc) is 2.05. The van der Waals surface area contributed by atoms with Crippen molar-refractivity contribution in [3.63, 3.8) is 0 Å². The molecule has 0 aromatic carbocycles. The molecule has 0 nitrogen and oxygen atoms in total. The number of unbranched alkanes of at least 4 members (excludes halogenated alkanes) is 1. The highest BCUT2D eigenvalue weighted by molar-refractivity contribution is 4.98. The van der Waals surface area contributed by atoms with E-state index in [-0.39, 0.29) is 0 Å². The number of hydrogen-bond acceptors (Lipinski definition) is 0. The molecule has 0 saturated heterocycles. The Balaban J connectivity index is 0. The van der Waals surface area contributed by atoms with Gasteiger partial charge in [-0.25, -0.2) is 0 Å². The molecular weight excluding hydrogens is 132 g/mol. The maximum atomic E-state index is 3.13. The molecule has 0 radical (unpaired) electrons. The molecule has 66 valence electrons. The van der Waals surface area contributed by atoms with Gasteiger partial charge in [0, 0.05) is 5.92 Å². The molecule has 1 atom stereocenters. The SMILES string of the molecule is CC.CC#CC(C)CCCC. The van der Waals surface area contributed by atoms with Crippen LogP contribution in [0.2, 0.25) is 0 Å². The van der Waals surface area contributed by atoms with Gasteiger partial charge in [-0.3, -0.25) is 0 Å². The molecule has 0 bridgehead atoms. The fourth-order valence-corrected chi connectivity index (χ4v) is 0.829. The van der Waals surface area contributed by atoms with Crippen LogP contribution in [0.5, 0.6) is 0 Å². The summed E-state index contributed by atoms with van der Waals surface area (Å²) in [5, 5.41) is 0. The van der Waals surface area contributed by atoms with Crippen molar-refractivity contribution in [3.8, 4) is 11.8 Å². The molecule has 0 aromatic rings. The molecule has 0 fully saturated rings. The summed E-state index contributed by atoms with van der Waals surface area (Å²) in [6.45, 7) is 10.3. The van der Waals surface area contributed by atoms with Gasteiger partial charge in [-0.1, -0.05) is 40.5 Å². The second-order valence-electron chi connectivity index (χ2n) is 2.44. The van der Waals surface area contributed by atoms with Crippen LogP contribution in [0.3, 0.4) is 0 Å². The van der Waals surface area contributed by atoms with Crippen molar-refractivity contribution >= 4 is 0 Å². The Morgan fingerprint density at radius 2 is 1.82 bits per heavy atom. The molecule has 0 amide bonds. The van der Waals surface area contributed by atoms with E-state index in [0.717, 1.165) is 0 Å². The Kier molecular flexibility index (Phi) is 14.7. The maximum absolute atomic E-state index is 3.13. The summed E-state index contributed by atoms with van der Waals surface area (Å²) in [5.74, 6) is 6.66. The topological polar surface area (TPSA) is 0 Å². The Bertz CT molecular complexity index is 103.